The molecule has 0 atom stereocenters. The lowest BCUT2D eigenvalue weighted by molar-refractivity contribution is -0.136. The Labute approximate surface area is 133 Å². The van der Waals surface area contributed by atoms with Crippen LogP contribution in [0.15, 0.2) is 28.4 Å². The van der Waals surface area contributed by atoms with Crippen molar-refractivity contribution in [3.05, 3.63) is 29.0 Å². The lowest BCUT2D eigenvalue weighted by Crippen LogP contribution is -2.21. The van der Waals surface area contributed by atoms with Crippen LogP contribution in [0.4, 0.5) is 0 Å². The van der Waals surface area contributed by atoms with Crippen LogP contribution in [0.1, 0.15) is 5.56 Å². The maximum absolute atomic E-state index is 11.8. The van der Waals surface area contributed by atoms with E-state index in [-0.39, 0.29) is 12.6 Å². The van der Waals surface area contributed by atoms with E-state index in [0.717, 1.165) is 11.1 Å². The van der Waals surface area contributed by atoms with Crippen LogP contribution in [0.3, 0.4) is 0 Å². The summed E-state index contributed by atoms with van der Waals surface area (Å²) in [5, 5.41) is 3.08. The first-order chi connectivity index (χ1) is 11.2. The highest BCUT2D eigenvalue weighted by molar-refractivity contribution is 6.18. The van der Waals surface area contributed by atoms with Gasteiger partial charge in [0.15, 0.2) is 11.5 Å². The molecule has 0 bridgehead atoms. The van der Waals surface area contributed by atoms with E-state index in [1.807, 2.05) is 12.1 Å². The molecule has 0 aromatic heterocycles. The molecule has 1 aromatic rings. The topological polar surface area (TPSA) is 78.4 Å². The van der Waals surface area contributed by atoms with E-state index >= 15 is 0 Å². The first-order valence-electron chi connectivity index (χ1n) is 7.19. The van der Waals surface area contributed by atoms with Crippen LogP contribution in [0.25, 0.3) is 0 Å². The molecule has 1 aromatic carbocycles. The summed E-state index contributed by atoms with van der Waals surface area (Å²) >= 11 is 0. The fourth-order valence-corrected chi connectivity index (χ4v) is 2.70. The van der Waals surface area contributed by atoms with Gasteiger partial charge in [-0.2, -0.15) is 0 Å². The lowest BCUT2D eigenvalue weighted by atomic mass is 10.0. The van der Waals surface area contributed by atoms with Crippen molar-refractivity contribution in [2.75, 3.05) is 41.0 Å². The zero-order valence-electron chi connectivity index (χ0n) is 13.3. The van der Waals surface area contributed by atoms with Crippen molar-refractivity contribution in [2.45, 2.75) is 0 Å². The van der Waals surface area contributed by atoms with Gasteiger partial charge in [-0.05, 0) is 12.1 Å². The molecule has 7 heteroatoms. The van der Waals surface area contributed by atoms with Crippen LogP contribution >= 0.6 is 0 Å². The van der Waals surface area contributed by atoms with E-state index in [2.05, 4.69) is 10.3 Å². The number of aliphatic imine (C=N–C) groups is 1. The number of ether oxygens (including phenoxy) is 4. The number of rotatable bonds is 4. The number of nitrogens with one attached hydrogen (secondary N) is 1. The Balaban J connectivity index is 2.13. The second kappa shape index (κ2) is 6.20. The van der Waals surface area contributed by atoms with Gasteiger partial charge in [0, 0.05) is 17.7 Å². The van der Waals surface area contributed by atoms with Crippen molar-refractivity contribution in [3.63, 3.8) is 0 Å². The van der Waals surface area contributed by atoms with Gasteiger partial charge >= 0.3 is 5.97 Å². The van der Waals surface area contributed by atoms with Crippen LogP contribution < -0.4 is 19.5 Å². The Bertz CT molecular complexity index is 683. The molecule has 0 amide bonds. The van der Waals surface area contributed by atoms with E-state index in [4.69, 9.17) is 18.9 Å². The van der Waals surface area contributed by atoms with Crippen molar-refractivity contribution in [1.82, 2.24) is 5.32 Å². The number of hydrogen-bond acceptors (Lipinski definition) is 7. The minimum atomic E-state index is -0.345. The predicted octanol–water partition coefficient (Wildman–Crippen LogP) is 0.916. The summed E-state index contributed by atoms with van der Waals surface area (Å²) in [5.41, 5.74) is 2.72. The molecule has 0 aliphatic carbocycles. The van der Waals surface area contributed by atoms with Crippen molar-refractivity contribution >= 4 is 11.7 Å². The molecule has 2 heterocycles. The monoisotopic (exact) mass is 318 g/mol. The van der Waals surface area contributed by atoms with E-state index in [9.17, 15) is 4.79 Å². The first-order valence-corrected chi connectivity index (χ1v) is 7.19. The normalized spacial score (nSPS) is 16.8. The van der Waals surface area contributed by atoms with Crippen molar-refractivity contribution in [1.29, 1.82) is 0 Å². The summed E-state index contributed by atoms with van der Waals surface area (Å²) in [6.07, 6.45) is 0. The van der Waals surface area contributed by atoms with Gasteiger partial charge in [-0.1, -0.05) is 0 Å². The molecule has 0 unspecified atom stereocenters. The van der Waals surface area contributed by atoms with E-state index in [0.29, 0.717) is 41.7 Å². The SMILES string of the molecule is COc1cc(C2=NCCNC3=C2COC3=O)cc(OC)c1OC. The second-order valence-corrected chi connectivity index (χ2v) is 5.00. The van der Waals surface area contributed by atoms with Gasteiger partial charge in [0.2, 0.25) is 5.75 Å². The molecule has 7 nitrogen and oxygen atoms in total. The third-order valence-corrected chi connectivity index (χ3v) is 3.76. The van der Waals surface area contributed by atoms with Crippen molar-refractivity contribution < 1.29 is 23.7 Å². The Kier molecular flexibility index (Phi) is 4.10. The molecule has 0 radical (unpaired) electrons. The Morgan fingerprint density at radius 1 is 1.13 bits per heavy atom. The first kappa shape index (κ1) is 15.2. The molecular weight excluding hydrogens is 300 g/mol. The van der Waals surface area contributed by atoms with Crippen molar-refractivity contribution in [2.24, 2.45) is 4.99 Å². The molecule has 2 aliphatic heterocycles. The lowest BCUT2D eigenvalue weighted by Gasteiger charge is -2.15. The van der Waals surface area contributed by atoms with E-state index in [1.54, 1.807) is 21.3 Å². The van der Waals surface area contributed by atoms with E-state index < -0.39 is 0 Å². The fourth-order valence-electron chi connectivity index (χ4n) is 2.70. The third kappa shape index (κ3) is 2.58. The van der Waals surface area contributed by atoms with Gasteiger partial charge in [0.1, 0.15) is 12.3 Å². The standard InChI is InChI=1S/C16H18N2O5/c1-20-11-6-9(7-12(21-2)15(11)22-3)13-10-8-23-16(19)14(10)18-5-4-17-13/h6-7,18H,4-5,8H2,1-3H3. The summed E-state index contributed by atoms with van der Waals surface area (Å²) in [6.45, 7) is 1.35. The summed E-state index contributed by atoms with van der Waals surface area (Å²) in [7, 11) is 4.67. The maximum atomic E-state index is 11.8. The summed E-state index contributed by atoms with van der Waals surface area (Å²) < 4.78 is 21.2. The third-order valence-electron chi connectivity index (χ3n) is 3.76. The molecule has 0 fully saturated rings. The smallest absolute Gasteiger partial charge is 0.355 e. The molecule has 0 saturated heterocycles. The van der Waals surface area contributed by atoms with Crippen LogP contribution in [0, 0.1) is 0 Å². The highest BCUT2D eigenvalue weighted by atomic mass is 16.5. The maximum Gasteiger partial charge on any atom is 0.355 e. The Morgan fingerprint density at radius 3 is 2.43 bits per heavy atom. The van der Waals surface area contributed by atoms with Gasteiger partial charge < -0.3 is 24.3 Å². The van der Waals surface area contributed by atoms with Gasteiger partial charge in [0.05, 0.1) is 33.6 Å². The zero-order valence-corrected chi connectivity index (χ0v) is 13.3. The number of carbonyl (C=O) groups is 1. The van der Waals surface area contributed by atoms with Crippen LogP contribution in [-0.2, 0) is 9.53 Å². The second-order valence-electron chi connectivity index (χ2n) is 5.00. The summed E-state index contributed by atoms with van der Waals surface area (Å²) in [5.74, 6) is 1.24. The molecule has 122 valence electrons. The molecule has 3 rings (SSSR count). The summed E-state index contributed by atoms with van der Waals surface area (Å²) in [4.78, 5) is 16.4. The molecule has 0 spiro atoms. The number of cyclic esters (lactones) is 1. The van der Waals surface area contributed by atoms with Crippen LogP contribution in [0.2, 0.25) is 0 Å². The van der Waals surface area contributed by atoms with Crippen molar-refractivity contribution in [3.8, 4) is 17.2 Å². The average Bonchev–Trinajstić information content (AvgIpc) is 2.82. The Morgan fingerprint density at radius 2 is 1.83 bits per heavy atom. The molecule has 2 aliphatic rings. The highest BCUT2D eigenvalue weighted by Gasteiger charge is 2.30. The molecule has 1 N–H and O–H groups in total. The van der Waals surface area contributed by atoms with Gasteiger partial charge in [-0.25, -0.2) is 4.79 Å². The molecular formula is C16H18N2O5. The number of esters is 1. The quantitative estimate of drug-likeness (QED) is 0.832. The number of methoxy groups -OCH3 is 3. The van der Waals surface area contributed by atoms with Crippen LogP contribution in [0.5, 0.6) is 17.2 Å². The predicted molar refractivity (Wildman–Crippen MR) is 83.5 cm³/mol. The average molecular weight is 318 g/mol. The minimum Gasteiger partial charge on any atom is -0.493 e. The minimum absolute atomic E-state index is 0.205. The summed E-state index contributed by atoms with van der Waals surface area (Å²) in [6, 6.07) is 3.64. The number of nitrogens with zero attached hydrogens (tertiary/aromatic N) is 1. The van der Waals surface area contributed by atoms with Gasteiger partial charge in [0.25, 0.3) is 0 Å². The highest BCUT2D eigenvalue weighted by Crippen LogP contribution is 2.39. The largest absolute Gasteiger partial charge is 0.493 e. The number of benzene rings is 1. The fraction of sp³-hybridized carbons (Fsp3) is 0.375. The van der Waals surface area contributed by atoms with Gasteiger partial charge in [-0.3, -0.25) is 4.99 Å². The Hall–Kier alpha value is -2.70. The zero-order chi connectivity index (χ0) is 16.4. The van der Waals surface area contributed by atoms with Gasteiger partial charge in [-0.15, -0.1) is 0 Å². The number of carbonyl (C=O) groups excluding carboxylic acids is 1. The van der Waals surface area contributed by atoms with Crippen LogP contribution in [-0.4, -0.2) is 52.7 Å². The van der Waals surface area contributed by atoms with E-state index in [1.165, 1.54) is 0 Å². The molecule has 23 heavy (non-hydrogen) atoms. The molecule has 0 saturated carbocycles. The number of hydrogen-bond donors (Lipinski definition) is 1.